The summed E-state index contributed by atoms with van der Waals surface area (Å²) in [6.07, 6.45) is 6.11. The summed E-state index contributed by atoms with van der Waals surface area (Å²) in [5.74, 6) is -1.71. The van der Waals surface area contributed by atoms with Crippen molar-refractivity contribution in [2.45, 2.75) is 50.6 Å². The summed E-state index contributed by atoms with van der Waals surface area (Å²) in [5, 5.41) is 18.9. The van der Waals surface area contributed by atoms with Gasteiger partial charge in [0.25, 0.3) is 11.8 Å². The van der Waals surface area contributed by atoms with Gasteiger partial charge in [-0.15, -0.1) is 0 Å². The van der Waals surface area contributed by atoms with Gasteiger partial charge in [0, 0.05) is 23.9 Å². The molecule has 0 spiro atoms. The van der Waals surface area contributed by atoms with Crippen molar-refractivity contribution in [2.75, 3.05) is 19.0 Å². The van der Waals surface area contributed by atoms with E-state index in [1.165, 1.54) is 18.2 Å². The molecule has 2 aliphatic rings. The molecule has 1 aliphatic heterocycles. The highest BCUT2D eigenvalue weighted by Gasteiger charge is 2.36. The predicted octanol–water partition coefficient (Wildman–Crippen LogP) is 4.05. The smallest absolute Gasteiger partial charge is 0.319 e. The average Bonchev–Trinajstić information content (AvgIpc) is 3.37. The molecule has 0 saturated heterocycles. The number of methoxy groups -OCH3 is 1. The monoisotopic (exact) mass is 534 g/mol. The molecule has 5 rings (SSSR count). The molecule has 1 fully saturated rings. The Morgan fingerprint density at radius 1 is 1.13 bits per heavy atom. The van der Waals surface area contributed by atoms with Crippen LogP contribution in [0.25, 0.3) is 10.9 Å². The number of rotatable bonds is 7. The Morgan fingerprint density at radius 3 is 2.69 bits per heavy atom. The molecule has 2 aromatic carbocycles. The van der Waals surface area contributed by atoms with E-state index in [9.17, 15) is 18.8 Å². The Hall–Kier alpha value is -4.25. The quantitative estimate of drug-likeness (QED) is 0.312. The van der Waals surface area contributed by atoms with E-state index in [1.54, 1.807) is 38.4 Å². The SMILES string of the molecule is COCC1(NC(=O)c2cc(C3NC(=O)NC(C)=C3C(=O)Nc3ccc4[nH]ncc4c3)ccc2F)CCCCC1. The van der Waals surface area contributed by atoms with Gasteiger partial charge in [-0.05, 0) is 55.7 Å². The molecule has 4 amide bonds. The van der Waals surface area contributed by atoms with Crippen LogP contribution in [0.15, 0.2) is 53.9 Å². The lowest BCUT2D eigenvalue weighted by atomic mass is 9.82. The molecule has 1 aromatic heterocycles. The Morgan fingerprint density at radius 2 is 1.92 bits per heavy atom. The van der Waals surface area contributed by atoms with Gasteiger partial charge in [-0.25, -0.2) is 9.18 Å². The number of H-pyrrole nitrogens is 1. The van der Waals surface area contributed by atoms with E-state index >= 15 is 0 Å². The molecule has 0 radical (unpaired) electrons. The summed E-state index contributed by atoms with van der Waals surface area (Å²) in [6, 6.07) is 7.92. The molecule has 2 heterocycles. The summed E-state index contributed by atoms with van der Waals surface area (Å²) in [6.45, 7) is 1.95. The highest BCUT2D eigenvalue weighted by atomic mass is 19.1. The molecular weight excluding hydrogens is 503 g/mol. The number of carbonyl (C=O) groups is 3. The fourth-order valence-corrected chi connectivity index (χ4v) is 5.48. The van der Waals surface area contributed by atoms with Gasteiger partial charge in [0.05, 0.1) is 41.0 Å². The molecule has 1 atom stereocenters. The molecule has 5 N–H and O–H groups in total. The van der Waals surface area contributed by atoms with Crippen molar-refractivity contribution >= 4 is 34.4 Å². The number of benzene rings is 2. The van der Waals surface area contributed by atoms with Crippen LogP contribution in [0, 0.1) is 5.82 Å². The van der Waals surface area contributed by atoms with Crippen molar-refractivity contribution in [3.63, 3.8) is 0 Å². The van der Waals surface area contributed by atoms with Crippen LogP contribution in [0.4, 0.5) is 14.9 Å². The van der Waals surface area contributed by atoms with Gasteiger partial charge in [-0.3, -0.25) is 14.7 Å². The van der Waals surface area contributed by atoms with E-state index in [0.29, 0.717) is 23.6 Å². The normalized spacial score (nSPS) is 18.8. The number of nitrogens with one attached hydrogen (secondary N) is 5. The van der Waals surface area contributed by atoms with Crippen LogP contribution >= 0.6 is 0 Å². The highest BCUT2D eigenvalue weighted by Crippen LogP contribution is 2.31. The van der Waals surface area contributed by atoms with Crippen LogP contribution in [0.2, 0.25) is 0 Å². The first-order valence-electron chi connectivity index (χ1n) is 12.9. The zero-order valence-corrected chi connectivity index (χ0v) is 21.8. The summed E-state index contributed by atoms with van der Waals surface area (Å²) < 4.78 is 20.3. The Labute approximate surface area is 224 Å². The third-order valence-corrected chi connectivity index (χ3v) is 7.39. The summed E-state index contributed by atoms with van der Waals surface area (Å²) in [4.78, 5) is 39.2. The zero-order valence-electron chi connectivity index (χ0n) is 21.8. The van der Waals surface area contributed by atoms with Crippen molar-refractivity contribution in [2.24, 2.45) is 0 Å². The van der Waals surface area contributed by atoms with E-state index in [2.05, 4.69) is 31.5 Å². The first-order valence-corrected chi connectivity index (χ1v) is 12.9. The molecular formula is C28H31FN6O4. The van der Waals surface area contributed by atoms with E-state index in [-0.39, 0.29) is 11.1 Å². The highest BCUT2D eigenvalue weighted by molar-refractivity contribution is 6.07. The second kappa shape index (κ2) is 10.9. The number of ether oxygens (including phenoxy) is 1. The van der Waals surface area contributed by atoms with Crippen LogP contribution in [0.3, 0.4) is 0 Å². The molecule has 204 valence electrons. The fourth-order valence-electron chi connectivity index (χ4n) is 5.48. The number of urea groups is 1. The number of halogens is 1. The first kappa shape index (κ1) is 26.4. The molecule has 39 heavy (non-hydrogen) atoms. The van der Waals surface area contributed by atoms with Crippen LogP contribution in [0.1, 0.15) is 61.0 Å². The van der Waals surface area contributed by atoms with Crippen molar-refractivity contribution in [1.29, 1.82) is 0 Å². The average molecular weight is 535 g/mol. The molecule has 1 aliphatic carbocycles. The lowest BCUT2D eigenvalue weighted by molar-refractivity contribution is -0.113. The minimum Gasteiger partial charge on any atom is -0.382 e. The van der Waals surface area contributed by atoms with Crippen molar-refractivity contribution in [3.05, 3.63) is 70.8 Å². The second-order valence-electron chi connectivity index (χ2n) is 10.2. The van der Waals surface area contributed by atoms with Gasteiger partial charge >= 0.3 is 6.03 Å². The molecule has 11 heteroatoms. The number of aromatic nitrogens is 2. The maximum atomic E-state index is 15.0. The Kier molecular flexibility index (Phi) is 7.34. The van der Waals surface area contributed by atoms with Crippen molar-refractivity contribution in [1.82, 2.24) is 26.1 Å². The summed E-state index contributed by atoms with van der Waals surface area (Å²) in [5.41, 5.74) is 1.63. The van der Waals surface area contributed by atoms with Crippen molar-refractivity contribution < 1.29 is 23.5 Å². The molecule has 1 unspecified atom stereocenters. The van der Waals surface area contributed by atoms with E-state index in [1.807, 2.05) is 0 Å². The number of hydrogen-bond donors (Lipinski definition) is 5. The van der Waals surface area contributed by atoms with Gasteiger partial charge in [0.15, 0.2) is 0 Å². The van der Waals surface area contributed by atoms with Crippen LogP contribution in [-0.2, 0) is 9.53 Å². The molecule has 0 bridgehead atoms. The lowest BCUT2D eigenvalue weighted by Gasteiger charge is -2.37. The van der Waals surface area contributed by atoms with Gasteiger partial charge in [-0.1, -0.05) is 25.3 Å². The number of amides is 4. The number of fused-ring (bicyclic) bond motifs is 1. The van der Waals surface area contributed by atoms with E-state index in [4.69, 9.17) is 4.74 Å². The maximum absolute atomic E-state index is 15.0. The standard InChI is InChI=1S/C28H31FN6O4/c1-16-23(26(37)32-19-7-9-22-18(12-19)14-30-35-22)24(33-27(38)31-16)17-6-8-21(29)20(13-17)25(36)34-28(15-39-2)10-4-3-5-11-28/h6-9,12-14,24H,3-5,10-11,15H2,1-2H3,(H,30,35)(H,32,37)(H,34,36)(H2,31,33,38). The number of hydrogen-bond acceptors (Lipinski definition) is 5. The lowest BCUT2D eigenvalue weighted by Crippen LogP contribution is -2.53. The third kappa shape index (κ3) is 5.49. The van der Waals surface area contributed by atoms with Crippen molar-refractivity contribution in [3.8, 4) is 0 Å². The number of allylic oxidation sites excluding steroid dienone is 1. The van der Waals surface area contributed by atoms with Crippen LogP contribution in [0.5, 0.6) is 0 Å². The number of nitrogens with zero attached hydrogens (tertiary/aromatic N) is 1. The molecule has 1 saturated carbocycles. The predicted molar refractivity (Wildman–Crippen MR) is 143 cm³/mol. The van der Waals surface area contributed by atoms with Crippen LogP contribution in [-0.4, -0.2) is 47.3 Å². The topological polar surface area (TPSA) is 137 Å². The van der Waals surface area contributed by atoms with Gasteiger partial charge in [-0.2, -0.15) is 5.10 Å². The number of carbonyl (C=O) groups excluding carboxylic acids is 3. The van der Waals surface area contributed by atoms with Gasteiger partial charge in [0.2, 0.25) is 0 Å². The van der Waals surface area contributed by atoms with Crippen LogP contribution < -0.4 is 21.3 Å². The zero-order chi connectivity index (χ0) is 27.6. The number of anilines is 1. The Bertz CT molecular complexity index is 1450. The summed E-state index contributed by atoms with van der Waals surface area (Å²) in [7, 11) is 1.58. The third-order valence-electron chi connectivity index (χ3n) is 7.39. The van der Waals surface area contributed by atoms with E-state index in [0.717, 1.165) is 43.0 Å². The largest absolute Gasteiger partial charge is 0.382 e. The van der Waals surface area contributed by atoms with Gasteiger partial charge in [0.1, 0.15) is 5.82 Å². The molecule has 10 nitrogen and oxygen atoms in total. The fraction of sp³-hybridized carbons (Fsp3) is 0.357. The summed E-state index contributed by atoms with van der Waals surface area (Å²) >= 11 is 0. The first-order chi connectivity index (χ1) is 18.8. The molecule has 3 aromatic rings. The second-order valence-corrected chi connectivity index (χ2v) is 10.2. The Balaban J connectivity index is 1.43. The minimum absolute atomic E-state index is 0.163. The van der Waals surface area contributed by atoms with Gasteiger partial charge < -0.3 is 26.0 Å². The maximum Gasteiger partial charge on any atom is 0.319 e. The minimum atomic E-state index is -0.911. The number of aromatic amines is 1. The van der Waals surface area contributed by atoms with E-state index < -0.39 is 35.2 Å².